The van der Waals surface area contributed by atoms with Gasteiger partial charge in [-0.3, -0.25) is 9.59 Å². The maximum atomic E-state index is 13.4. The Morgan fingerprint density at radius 3 is 2.95 bits per heavy atom. The van der Waals surface area contributed by atoms with Crippen LogP contribution in [0.15, 0.2) is 24.3 Å². The third-order valence-corrected chi connectivity index (χ3v) is 4.62. The number of halogens is 1. The van der Waals surface area contributed by atoms with Crippen LogP contribution >= 0.6 is 11.8 Å². The number of quaternary nitrogens is 1. The van der Waals surface area contributed by atoms with E-state index >= 15 is 0 Å². The van der Waals surface area contributed by atoms with Gasteiger partial charge in [0.2, 0.25) is 11.8 Å². The maximum absolute atomic E-state index is 13.4. The monoisotopic (exact) mass is 326 g/mol. The van der Waals surface area contributed by atoms with E-state index < -0.39 is 0 Å². The smallest absolute Gasteiger partial charge is 0.239 e. The van der Waals surface area contributed by atoms with E-state index in [1.807, 2.05) is 14.1 Å². The van der Waals surface area contributed by atoms with E-state index in [4.69, 9.17) is 0 Å². The minimum Gasteiger partial charge on any atom is -0.349 e. The highest BCUT2D eigenvalue weighted by Gasteiger charge is 2.34. The molecule has 2 N–H and O–H groups in total. The summed E-state index contributed by atoms with van der Waals surface area (Å²) in [5, 5.41) is 2.51. The fourth-order valence-electron chi connectivity index (χ4n) is 2.22. The van der Waals surface area contributed by atoms with E-state index in [9.17, 15) is 14.0 Å². The Bertz CT molecular complexity index is 553. The number of nitrogens with one attached hydrogen (secondary N) is 2. The molecule has 1 aromatic rings. The van der Waals surface area contributed by atoms with Crippen molar-refractivity contribution in [1.82, 2.24) is 10.2 Å². The van der Waals surface area contributed by atoms with Crippen molar-refractivity contribution in [3.05, 3.63) is 35.6 Å². The molecule has 2 rings (SSSR count). The molecule has 22 heavy (non-hydrogen) atoms. The molecule has 1 aliphatic rings. The van der Waals surface area contributed by atoms with Gasteiger partial charge in [0.15, 0.2) is 0 Å². The number of amides is 2. The van der Waals surface area contributed by atoms with Crippen LogP contribution in [0, 0.1) is 5.82 Å². The first-order chi connectivity index (χ1) is 10.5. The summed E-state index contributed by atoms with van der Waals surface area (Å²) in [6.45, 7) is 1.40. The number of benzene rings is 1. The number of carbonyl (C=O) groups excluding carboxylic acids is 2. The zero-order valence-corrected chi connectivity index (χ0v) is 13.6. The molecule has 0 unspecified atom stereocenters. The van der Waals surface area contributed by atoms with Crippen LogP contribution in [0.1, 0.15) is 10.9 Å². The van der Waals surface area contributed by atoms with Gasteiger partial charge in [-0.2, -0.15) is 0 Å². The van der Waals surface area contributed by atoms with Crippen molar-refractivity contribution < 1.29 is 18.9 Å². The molecule has 1 saturated heterocycles. The number of carbonyl (C=O) groups is 2. The van der Waals surface area contributed by atoms with E-state index in [1.165, 1.54) is 33.7 Å². The molecule has 1 aromatic carbocycles. The zero-order chi connectivity index (χ0) is 16.1. The number of thioether (sulfide) groups is 1. The Morgan fingerprint density at radius 1 is 1.50 bits per heavy atom. The predicted octanol–water partition coefficient (Wildman–Crippen LogP) is -0.340. The highest BCUT2D eigenvalue weighted by atomic mass is 32.2. The van der Waals surface area contributed by atoms with Crippen LogP contribution < -0.4 is 10.2 Å². The Kier molecular flexibility index (Phi) is 5.79. The van der Waals surface area contributed by atoms with Gasteiger partial charge in [0.25, 0.3) is 0 Å². The van der Waals surface area contributed by atoms with E-state index in [0.29, 0.717) is 17.9 Å². The first-order valence-electron chi connectivity index (χ1n) is 7.19. The summed E-state index contributed by atoms with van der Waals surface area (Å²) < 4.78 is 13.4. The van der Waals surface area contributed by atoms with Crippen molar-refractivity contribution in [3.63, 3.8) is 0 Å². The van der Waals surface area contributed by atoms with E-state index in [1.54, 1.807) is 12.1 Å². The average Bonchev–Trinajstić information content (AvgIpc) is 2.80. The van der Waals surface area contributed by atoms with Crippen molar-refractivity contribution in [2.45, 2.75) is 5.37 Å². The molecule has 0 aromatic heterocycles. The second-order valence-corrected chi connectivity index (χ2v) is 6.62. The van der Waals surface area contributed by atoms with Gasteiger partial charge in [0, 0.05) is 0 Å². The van der Waals surface area contributed by atoms with Gasteiger partial charge in [-0.05, 0) is 17.7 Å². The summed E-state index contributed by atoms with van der Waals surface area (Å²) in [5.41, 5.74) is 0.710. The van der Waals surface area contributed by atoms with Gasteiger partial charge in [-0.25, -0.2) is 4.39 Å². The lowest BCUT2D eigenvalue weighted by molar-refractivity contribution is -0.856. The molecule has 2 amide bonds. The fraction of sp³-hybridized carbons (Fsp3) is 0.467. The fourth-order valence-corrected chi connectivity index (χ4v) is 3.40. The van der Waals surface area contributed by atoms with Crippen LogP contribution in [-0.4, -0.2) is 56.2 Å². The first kappa shape index (κ1) is 16.8. The van der Waals surface area contributed by atoms with Crippen LogP contribution in [0.3, 0.4) is 0 Å². The molecule has 1 aliphatic heterocycles. The lowest BCUT2D eigenvalue weighted by Gasteiger charge is -2.23. The molecule has 7 heteroatoms. The molecule has 120 valence electrons. The van der Waals surface area contributed by atoms with E-state index in [-0.39, 0.29) is 29.6 Å². The van der Waals surface area contributed by atoms with Crippen molar-refractivity contribution in [3.8, 4) is 0 Å². The summed E-state index contributed by atoms with van der Waals surface area (Å²) in [6.07, 6.45) is 0. The van der Waals surface area contributed by atoms with Gasteiger partial charge >= 0.3 is 0 Å². The second-order valence-electron chi connectivity index (χ2n) is 5.55. The predicted molar refractivity (Wildman–Crippen MR) is 84.0 cm³/mol. The van der Waals surface area contributed by atoms with Crippen molar-refractivity contribution in [2.24, 2.45) is 0 Å². The molecule has 1 heterocycles. The topological polar surface area (TPSA) is 53.9 Å². The van der Waals surface area contributed by atoms with Crippen molar-refractivity contribution >= 4 is 23.6 Å². The summed E-state index contributed by atoms with van der Waals surface area (Å²) in [6, 6.07) is 6.17. The normalized spacial score (nSPS) is 18.1. The number of likely N-dealkylation sites (N-methyl/N-ethyl adjacent to an activating group) is 1. The van der Waals surface area contributed by atoms with Crippen molar-refractivity contribution in [2.75, 3.05) is 39.5 Å². The molecule has 0 saturated carbocycles. The highest BCUT2D eigenvalue weighted by molar-refractivity contribution is 8.00. The molecule has 0 bridgehead atoms. The Labute approximate surface area is 133 Å². The largest absolute Gasteiger partial charge is 0.349 e. The molecule has 1 fully saturated rings. The minimum absolute atomic E-state index is 0.00970. The van der Waals surface area contributed by atoms with Gasteiger partial charge in [0.05, 0.1) is 32.9 Å². The maximum Gasteiger partial charge on any atom is 0.239 e. The summed E-state index contributed by atoms with van der Waals surface area (Å²) in [7, 11) is 4.01. The van der Waals surface area contributed by atoms with Gasteiger partial charge in [-0.15, -0.1) is 11.8 Å². The summed E-state index contributed by atoms with van der Waals surface area (Å²) in [4.78, 5) is 26.7. The summed E-state index contributed by atoms with van der Waals surface area (Å²) in [5.74, 6) is -0.294. The van der Waals surface area contributed by atoms with Crippen LogP contribution in [0.5, 0.6) is 0 Å². The van der Waals surface area contributed by atoms with Crippen LogP contribution in [0.25, 0.3) is 0 Å². The lowest BCUT2D eigenvalue weighted by Crippen LogP contribution is -3.06. The molecule has 0 radical (unpaired) electrons. The van der Waals surface area contributed by atoms with Crippen molar-refractivity contribution in [1.29, 1.82) is 0 Å². The Morgan fingerprint density at radius 2 is 2.27 bits per heavy atom. The average molecular weight is 326 g/mol. The number of hydrogen-bond donors (Lipinski definition) is 2. The third kappa shape index (κ3) is 4.45. The molecule has 1 atom stereocenters. The zero-order valence-electron chi connectivity index (χ0n) is 12.8. The van der Waals surface area contributed by atoms with Crippen LogP contribution in [0.2, 0.25) is 0 Å². The van der Waals surface area contributed by atoms with Gasteiger partial charge in [0.1, 0.15) is 17.7 Å². The van der Waals surface area contributed by atoms with E-state index in [0.717, 1.165) is 6.54 Å². The molecule has 5 nitrogen and oxygen atoms in total. The van der Waals surface area contributed by atoms with Gasteiger partial charge < -0.3 is 15.1 Å². The number of rotatable bonds is 6. The highest BCUT2D eigenvalue weighted by Crippen LogP contribution is 2.38. The Hall–Kier alpha value is -1.60. The van der Waals surface area contributed by atoms with E-state index in [2.05, 4.69) is 5.32 Å². The Balaban J connectivity index is 1.98. The minimum atomic E-state index is -0.337. The van der Waals surface area contributed by atoms with Crippen LogP contribution in [-0.2, 0) is 9.59 Å². The quantitative estimate of drug-likeness (QED) is 0.752. The second kappa shape index (κ2) is 7.60. The standard InChI is InChI=1S/C15H20FN3O2S/c1-18(2)7-6-17-13(20)9-19-14(21)10-22-15(19)11-4-3-5-12(16)8-11/h3-5,8,15H,6-7,9-10H2,1-2H3,(H,17,20)/p+1/t15-/m0/s1. The lowest BCUT2D eigenvalue weighted by atomic mass is 10.2. The first-order valence-corrected chi connectivity index (χ1v) is 8.24. The number of hydrogen-bond acceptors (Lipinski definition) is 3. The molecule has 0 spiro atoms. The molecule has 0 aliphatic carbocycles. The molecular formula is C15H21FN3O2S+. The van der Waals surface area contributed by atoms with Crippen LogP contribution in [0.4, 0.5) is 4.39 Å². The SMILES string of the molecule is C[NH+](C)CCNC(=O)CN1C(=O)CS[C@H]1c1cccc(F)c1. The summed E-state index contributed by atoms with van der Waals surface area (Å²) >= 11 is 1.42. The third-order valence-electron chi connectivity index (χ3n) is 3.36. The van der Waals surface area contributed by atoms with Gasteiger partial charge in [-0.1, -0.05) is 12.1 Å². The molecular weight excluding hydrogens is 305 g/mol. The number of nitrogens with zero attached hydrogens (tertiary/aromatic N) is 1.